The molecule has 0 aliphatic rings. The van der Waals surface area contributed by atoms with Gasteiger partial charge in [-0.15, -0.1) is 0 Å². The molecule has 0 saturated heterocycles. The molecule has 0 aliphatic heterocycles. The van der Waals surface area contributed by atoms with Gasteiger partial charge in [-0.05, 0) is 41.7 Å². The van der Waals surface area contributed by atoms with E-state index in [-0.39, 0.29) is 23.1 Å². The molecule has 0 aromatic heterocycles. The summed E-state index contributed by atoms with van der Waals surface area (Å²) in [4.78, 5) is 12.5. The Balaban J connectivity index is 2.24. The fourth-order valence-corrected chi connectivity index (χ4v) is 4.16. The number of likely N-dealkylation sites (N-methyl/N-ethyl adjacent to an activating group) is 1. The van der Waals surface area contributed by atoms with Gasteiger partial charge >= 0.3 is 0 Å². The number of benzene rings is 2. The minimum atomic E-state index is -3.89. The van der Waals surface area contributed by atoms with Crippen LogP contribution in [0.5, 0.6) is 5.75 Å². The molecule has 1 amide bonds. The molecular formula is C21H28N2O4S. The summed E-state index contributed by atoms with van der Waals surface area (Å²) < 4.78 is 32.4. The minimum Gasteiger partial charge on any atom is -0.495 e. The number of sulfonamides is 1. The SMILES string of the molecule is CCc1ccccc1NC(=O)CN(C)S(=O)(=O)c1cc(C(C)C)ccc1OC. The van der Waals surface area contributed by atoms with Crippen LogP contribution in [-0.2, 0) is 21.2 Å². The van der Waals surface area contributed by atoms with Crippen LogP contribution in [0.4, 0.5) is 5.69 Å². The van der Waals surface area contributed by atoms with Gasteiger partial charge < -0.3 is 10.1 Å². The topological polar surface area (TPSA) is 75.7 Å². The van der Waals surface area contributed by atoms with Gasteiger partial charge in [0.05, 0.1) is 13.7 Å². The van der Waals surface area contributed by atoms with Crippen molar-refractivity contribution in [2.24, 2.45) is 0 Å². The summed E-state index contributed by atoms with van der Waals surface area (Å²) in [5.41, 5.74) is 2.57. The second-order valence-electron chi connectivity index (χ2n) is 6.88. The van der Waals surface area contributed by atoms with Gasteiger partial charge in [0.15, 0.2) is 0 Å². The van der Waals surface area contributed by atoms with Crippen molar-refractivity contribution < 1.29 is 17.9 Å². The Kier molecular flexibility index (Phi) is 7.21. The number of amides is 1. The van der Waals surface area contributed by atoms with E-state index in [9.17, 15) is 13.2 Å². The fourth-order valence-electron chi connectivity index (χ4n) is 2.85. The number of rotatable bonds is 8. The molecule has 0 atom stereocenters. The summed E-state index contributed by atoms with van der Waals surface area (Å²) >= 11 is 0. The van der Waals surface area contributed by atoms with E-state index in [0.717, 1.165) is 21.9 Å². The minimum absolute atomic E-state index is 0.0606. The van der Waals surface area contributed by atoms with Crippen LogP contribution in [-0.4, -0.2) is 39.3 Å². The molecule has 2 rings (SSSR count). The van der Waals surface area contributed by atoms with Gasteiger partial charge in [0.1, 0.15) is 10.6 Å². The molecule has 0 bridgehead atoms. The van der Waals surface area contributed by atoms with E-state index in [1.165, 1.54) is 14.2 Å². The van der Waals surface area contributed by atoms with E-state index in [4.69, 9.17) is 4.74 Å². The highest BCUT2D eigenvalue weighted by atomic mass is 32.2. The Hall–Kier alpha value is -2.38. The van der Waals surface area contributed by atoms with Crippen LogP contribution in [0.2, 0.25) is 0 Å². The maximum Gasteiger partial charge on any atom is 0.246 e. The first kappa shape index (κ1) is 21.9. The number of hydrogen-bond donors (Lipinski definition) is 1. The van der Waals surface area contributed by atoms with E-state index < -0.39 is 15.9 Å². The first-order valence-electron chi connectivity index (χ1n) is 9.22. The Bertz CT molecular complexity index is 939. The molecule has 0 heterocycles. The van der Waals surface area contributed by atoms with E-state index in [1.54, 1.807) is 18.2 Å². The third-order valence-electron chi connectivity index (χ3n) is 4.58. The number of anilines is 1. The summed E-state index contributed by atoms with van der Waals surface area (Å²) in [5, 5.41) is 2.80. The van der Waals surface area contributed by atoms with Crippen molar-refractivity contribution in [3.05, 3.63) is 53.6 Å². The highest BCUT2D eigenvalue weighted by molar-refractivity contribution is 7.89. The van der Waals surface area contributed by atoms with Gasteiger partial charge in [0.25, 0.3) is 0 Å². The van der Waals surface area contributed by atoms with Gasteiger partial charge in [-0.2, -0.15) is 4.31 Å². The molecule has 0 unspecified atom stereocenters. The van der Waals surface area contributed by atoms with E-state index in [2.05, 4.69) is 5.32 Å². The second kappa shape index (κ2) is 9.21. The van der Waals surface area contributed by atoms with Gasteiger partial charge in [-0.1, -0.05) is 45.0 Å². The van der Waals surface area contributed by atoms with E-state index in [0.29, 0.717) is 5.69 Å². The summed E-state index contributed by atoms with van der Waals surface area (Å²) in [6.45, 7) is 5.67. The summed E-state index contributed by atoms with van der Waals surface area (Å²) in [7, 11) is -1.07. The normalized spacial score (nSPS) is 11.7. The van der Waals surface area contributed by atoms with Crippen molar-refractivity contribution in [2.75, 3.05) is 26.0 Å². The fraction of sp³-hybridized carbons (Fsp3) is 0.381. The first-order chi connectivity index (χ1) is 13.2. The molecule has 6 nitrogen and oxygen atoms in total. The molecule has 0 aliphatic carbocycles. The van der Waals surface area contributed by atoms with Crippen LogP contribution in [0.15, 0.2) is 47.4 Å². The van der Waals surface area contributed by atoms with Crippen molar-refractivity contribution in [1.82, 2.24) is 4.31 Å². The summed E-state index contributed by atoms with van der Waals surface area (Å²) in [6, 6.07) is 12.6. The number of carbonyl (C=O) groups is 1. The average Bonchev–Trinajstić information content (AvgIpc) is 2.67. The maximum atomic E-state index is 13.1. The predicted octanol–water partition coefficient (Wildman–Crippen LogP) is 3.64. The number of nitrogens with one attached hydrogen (secondary N) is 1. The maximum absolute atomic E-state index is 13.1. The van der Waals surface area contributed by atoms with Crippen LogP contribution in [0.3, 0.4) is 0 Å². The van der Waals surface area contributed by atoms with Gasteiger partial charge in [-0.25, -0.2) is 8.42 Å². The molecule has 0 spiro atoms. The molecule has 0 saturated carbocycles. The molecule has 7 heteroatoms. The van der Waals surface area contributed by atoms with Crippen LogP contribution < -0.4 is 10.1 Å². The predicted molar refractivity (Wildman–Crippen MR) is 111 cm³/mol. The van der Waals surface area contributed by atoms with E-state index in [1.807, 2.05) is 45.0 Å². The Morgan fingerprint density at radius 1 is 1.18 bits per heavy atom. The monoisotopic (exact) mass is 404 g/mol. The molecule has 2 aromatic carbocycles. The molecule has 152 valence electrons. The highest BCUT2D eigenvalue weighted by Crippen LogP contribution is 2.30. The summed E-state index contributed by atoms with van der Waals surface area (Å²) in [5.74, 6) is 0.0259. The molecule has 1 N–H and O–H groups in total. The third-order valence-corrected chi connectivity index (χ3v) is 6.41. The lowest BCUT2D eigenvalue weighted by molar-refractivity contribution is -0.116. The highest BCUT2D eigenvalue weighted by Gasteiger charge is 2.27. The average molecular weight is 405 g/mol. The Morgan fingerprint density at radius 2 is 1.86 bits per heavy atom. The third kappa shape index (κ3) is 4.91. The Morgan fingerprint density at radius 3 is 2.46 bits per heavy atom. The number of aryl methyl sites for hydroxylation is 1. The zero-order valence-corrected chi connectivity index (χ0v) is 17.8. The van der Waals surface area contributed by atoms with Crippen molar-refractivity contribution in [2.45, 2.75) is 38.0 Å². The largest absolute Gasteiger partial charge is 0.495 e. The lowest BCUT2D eigenvalue weighted by atomic mass is 10.0. The zero-order chi connectivity index (χ0) is 20.9. The van der Waals surface area contributed by atoms with Gasteiger partial charge in [0, 0.05) is 12.7 Å². The van der Waals surface area contributed by atoms with Crippen molar-refractivity contribution in [3.63, 3.8) is 0 Å². The van der Waals surface area contributed by atoms with Crippen LogP contribution in [0.1, 0.15) is 37.8 Å². The molecular weight excluding hydrogens is 376 g/mol. The van der Waals surface area contributed by atoms with Gasteiger partial charge in [0.2, 0.25) is 15.9 Å². The van der Waals surface area contributed by atoms with Crippen molar-refractivity contribution >= 4 is 21.6 Å². The second-order valence-corrected chi connectivity index (χ2v) is 8.90. The quantitative estimate of drug-likeness (QED) is 0.729. The van der Waals surface area contributed by atoms with Crippen LogP contribution >= 0.6 is 0 Å². The van der Waals surface area contributed by atoms with Crippen LogP contribution in [0, 0.1) is 0 Å². The molecule has 2 aromatic rings. The smallest absolute Gasteiger partial charge is 0.246 e. The molecule has 0 fully saturated rings. The van der Waals surface area contributed by atoms with Crippen molar-refractivity contribution in [3.8, 4) is 5.75 Å². The van der Waals surface area contributed by atoms with Crippen LogP contribution in [0.25, 0.3) is 0 Å². The van der Waals surface area contributed by atoms with Crippen molar-refractivity contribution in [1.29, 1.82) is 0 Å². The lowest BCUT2D eigenvalue weighted by Gasteiger charge is -2.20. The number of ether oxygens (including phenoxy) is 1. The molecule has 0 radical (unpaired) electrons. The number of methoxy groups -OCH3 is 1. The zero-order valence-electron chi connectivity index (χ0n) is 17.0. The number of para-hydroxylation sites is 1. The van der Waals surface area contributed by atoms with E-state index >= 15 is 0 Å². The number of carbonyl (C=O) groups excluding carboxylic acids is 1. The lowest BCUT2D eigenvalue weighted by Crippen LogP contribution is -2.35. The number of hydrogen-bond acceptors (Lipinski definition) is 4. The van der Waals surface area contributed by atoms with Gasteiger partial charge in [-0.3, -0.25) is 4.79 Å². The molecule has 28 heavy (non-hydrogen) atoms. The summed E-state index contributed by atoms with van der Waals surface area (Å²) in [6.07, 6.45) is 0.768. The standard InChI is InChI=1S/C21H28N2O4S/c1-6-16-9-7-8-10-18(16)22-21(24)14-23(4)28(25,26)20-13-17(15(2)3)11-12-19(20)27-5/h7-13,15H,6,14H2,1-5H3,(H,22,24). The number of nitrogens with zero attached hydrogens (tertiary/aromatic N) is 1. The first-order valence-corrected chi connectivity index (χ1v) is 10.7. The Labute approximate surface area is 167 Å².